The minimum atomic E-state index is -0.269. The fourth-order valence-corrected chi connectivity index (χ4v) is 2.11. The first-order valence-corrected chi connectivity index (χ1v) is 5.89. The molecule has 1 aliphatic rings. The lowest BCUT2D eigenvalue weighted by Crippen LogP contribution is -2.51. The van der Waals surface area contributed by atoms with Crippen molar-refractivity contribution in [1.29, 1.82) is 0 Å². The summed E-state index contributed by atoms with van der Waals surface area (Å²) in [5.41, 5.74) is 5.33. The molecule has 1 fully saturated rings. The quantitative estimate of drug-likeness (QED) is 0.251. The van der Waals surface area contributed by atoms with Gasteiger partial charge in [0.15, 0.2) is 0 Å². The Morgan fingerprint density at radius 1 is 1.41 bits per heavy atom. The van der Waals surface area contributed by atoms with Gasteiger partial charge in [0.2, 0.25) is 0 Å². The summed E-state index contributed by atoms with van der Waals surface area (Å²) in [4.78, 5) is 11.7. The molecule has 0 aromatic rings. The van der Waals surface area contributed by atoms with E-state index < -0.39 is 0 Å². The molecule has 0 spiro atoms. The van der Waals surface area contributed by atoms with E-state index in [1.807, 2.05) is 20.8 Å². The summed E-state index contributed by atoms with van der Waals surface area (Å²) in [6.07, 6.45) is 2.68. The number of nitrogens with one attached hydrogen (secondary N) is 2. The molecule has 2 amide bonds. The Labute approximate surface area is 102 Å². The van der Waals surface area contributed by atoms with Crippen molar-refractivity contribution in [3.63, 3.8) is 0 Å². The lowest BCUT2D eigenvalue weighted by molar-refractivity contribution is 0.226. The maximum atomic E-state index is 11.7. The molecule has 1 aliphatic carbocycles. The molecular formula is C11H22N4O2. The van der Waals surface area contributed by atoms with Crippen molar-refractivity contribution in [3.05, 3.63) is 0 Å². The summed E-state index contributed by atoms with van der Waals surface area (Å²) in [7, 11) is 0. The van der Waals surface area contributed by atoms with E-state index in [4.69, 9.17) is 10.9 Å². The third kappa shape index (κ3) is 4.13. The van der Waals surface area contributed by atoms with E-state index in [0.717, 1.165) is 19.3 Å². The van der Waals surface area contributed by atoms with Gasteiger partial charge < -0.3 is 21.6 Å². The first kappa shape index (κ1) is 13.6. The maximum absolute atomic E-state index is 11.7. The Balaban J connectivity index is 2.53. The summed E-state index contributed by atoms with van der Waals surface area (Å²) in [6.45, 7) is 5.76. The predicted molar refractivity (Wildman–Crippen MR) is 66.0 cm³/mol. The maximum Gasteiger partial charge on any atom is 0.315 e. The van der Waals surface area contributed by atoms with Crippen molar-refractivity contribution >= 4 is 11.9 Å². The van der Waals surface area contributed by atoms with Crippen LogP contribution in [0.2, 0.25) is 0 Å². The molecule has 17 heavy (non-hydrogen) atoms. The van der Waals surface area contributed by atoms with Crippen LogP contribution in [0.25, 0.3) is 0 Å². The Kier molecular flexibility index (Phi) is 4.20. The Morgan fingerprint density at radius 3 is 2.59 bits per heavy atom. The van der Waals surface area contributed by atoms with Gasteiger partial charge in [-0.25, -0.2) is 4.79 Å². The number of carbonyl (C=O) groups is 1. The van der Waals surface area contributed by atoms with E-state index in [2.05, 4.69) is 15.8 Å². The normalized spacial score (nSPS) is 25.7. The number of hydrogen-bond acceptors (Lipinski definition) is 3. The summed E-state index contributed by atoms with van der Waals surface area (Å²) in [5, 5.41) is 17.4. The second-order valence-corrected chi connectivity index (χ2v) is 5.52. The molecule has 0 saturated heterocycles. The highest BCUT2D eigenvalue weighted by atomic mass is 16.4. The first-order chi connectivity index (χ1) is 7.83. The highest BCUT2D eigenvalue weighted by molar-refractivity contribution is 5.84. The van der Waals surface area contributed by atoms with Gasteiger partial charge in [-0.1, -0.05) is 11.6 Å². The monoisotopic (exact) mass is 242 g/mol. The SMILES string of the molecule is CC(C)(C)NC(=O)NC1CCCC1/C(N)=N/O. The minimum absolute atomic E-state index is 0.0479. The lowest BCUT2D eigenvalue weighted by atomic mass is 10.0. The smallest absolute Gasteiger partial charge is 0.315 e. The van der Waals surface area contributed by atoms with Crippen molar-refractivity contribution in [1.82, 2.24) is 10.6 Å². The topological polar surface area (TPSA) is 99.7 Å². The highest BCUT2D eigenvalue weighted by Crippen LogP contribution is 2.25. The highest BCUT2D eigenvalue weighted by Gasteiger charge is 2.32. The van der Waals surface area contributed by atoms with Crippen LogP contribution in [0.5, 0.6) is 0 Å². The second-order valence-electron chi connectivity index (χ2n) is 5.52. The van der Waals surface area contributed by atoms with E-state index in [1.54, 1.807) is 0 Å². The molecule has 1 rings (SSSR count). The summed E-state index contributed by atoms with van der Waals surface area (Å²) in [5.74, 6) is 0.134. The zero-order chi connectivity index (χ0) is 13.1. The first-order valence-electron chi connectivity index (χ1n) is 5.89. The summed E-state index contributed by atoms with van der Waals surface area (Å²) in [6, 6.07) is -0.256. The van der Waals surface area contributed by atoms with Gasteiger partial charge in [0, 0.05) is 17.5 Å². The van der Waals surface area contributed by atoms with Gasteiger partial charge in [0.1, 0.15) is 5.84 Å². The molecule has 2 atom stereocenters. The van der Waals surface area contributed by atoms with E-state index in [1.165, 1.54) is 0 Å². The standard InChI is InChI=1S/C11H22N4O2/c1-11(2,3)14-10(16)13-8-6-4-5-7(8)9(12)15-17/h7-8,17H,4-6H2,1-3H3,(H2,12,15)(H2,13,14,16). The van der Waals surface area contributed by atoms with Crippen LogP contribution in [0.15, 0.2) is 5.16 Å². The molecule has 98 valence electrons. The fraction of sp³-hybridized carbons (Fsp3) is 0.818. The van der Waals surface area contributed by atoms with Crippen LogP contribution < -0.4 is 16.4 Å². The van der Waals surface area contributed by atoms with Gasteiger partial charge >= 0.3 is 6.03 Å². The van der Waals surface area contributed by atoms with Crippen molar-refractivity contribution in [2.45, 2.75) is 51.6 Å². The zero-order valence-corrected chi connectivity index (χ0v) is 10.7. The van der Waals surface area contributed by atoms with Crippen molar-refractivity contribution in [2.24, 2.45) is 16.8 Å². The molecular weight excluding hydrogens is 220 g/mol. The number of carbonyl (C=O) groups excluding carboxylic acids is 1. The van der Waals surface area contributed by atoms with E-state index in [9.17, 15) is 4.79 Å². The lowest BCUT2D eigenvalue weighted by Gasteiger charge is -2.25. The number of amides is 2. The Morgan fingerprint density at radius 2 is 2.06 bits per heavy atom. The van der Waals surface area contributed by atoms with Crippen LogP contribution in [0, 0.1) is 5.92 Å². The third-order valence-corrected chi connectivity index (χ3v) is 2.82. The van der Waals surface area contributed by atoms with Gasteiger partial charge in [-0.15, -0.1) is 0 Å². The van der Waals surface area contributed by atoms with Crippen molar-refractivity contribution in [2.75, 3.05) is 0 Å². The molecule has 2 unspecified atom stereocenters. The molecule has 6 heteroatoms. The number of oxime groups is 1. The molecule has 0 aromatic carbocycles. The zero-order valence-electron chi connectivity index (χ0n) is 10.7. The van der Waals surface area contributed by atoms with Crippen molar-refractivity contribution in [3.8, 4) is 0 Å². The molecule has 0 radical (unpaired) electrons. The molecule has 0 aromatic heterocycles. The number of rotatable bonds is 2. The van der Waals surface area contributed by atoms with E-state index in [0.29, 0.717) is 0 Å². The number of nitrogens with two attached hydrogens (primary N) is 1. The molecule has 1 saturated carbocycles. The van der Waals surface area contributed by atoms with E-state index >= 15 is 0 Å². The number of amidine groups is 1. The average Bonchev–Trinajstić information content (AvgIpc) is 2.61. The van der Waals surface area contributed by atoms with Crippen LogP contribution in [0.1, 0.15) is 40.0 Å². The largest absolute Gasteiger partial charge is 0.409 e. The third-order valence-electron chi connectivity index (χ3n) is 2.82. The van der Waals surface area contributed by atoms with Gasteiger partial charge in [0.05, 0.1) is 0 Å². The number of urea groups is 1. The Hall–Kier alpha value is -1.46. The average molecular weight is 242 g/mol. The molecule has 5 N–H and O–H groups in total. The van der Waals surface area contributed by atoms with Crippen molar-refractivity contribution < 1.29 is 10.0 Å². The molecule has 6 nitrogen and oxygen atoms in total. The summed E-state index contributed by atoms with van der Waals surface area (Å²) < 4.78 is 0. The summed E-state index contributed by atoms with van der Waals surface area (Å²) >= 11 is 0. The van der Waals surface area contributed by atoms with Gasteiger partial charge in [0.25, 0.3) is 0 Å². The van der Waals surface area contributed by atoms with Gasteiger partial charge in [-0.3, -0.25) is 0 Å². The van der Waals surface area contributed by atoms with Crippen LogP contribution >= 0.6 is 0 Å². The van der Waals surface area contributed by atoms with Crippen LogP contribution in [-0.4, -0.2) is 28.7 Å². The second kappa shape index (κ2) is 5.25. The molecule has 0 heterocycles. The van der Waals surface area contributed by atoms with E-state index in [-0.39, 0.29) is 29.4 Å². The predicted octanol–water partition coefficient (Wildman–Crippen LogP) is 0.999. The minimum Gasteiger partial charge on any atom is -0.409 e. The number of nitrogens with zero attached hydrogens (tertiary/aromatic N) is 1. The molecule has 0 aliphatic heterocycles. The number of hydrogen-bond donors (Lipinski definition) is 4. The van der Waals surface area contributed by atoms with Gasteiger partial charge in [-0.2, -0.15) is 0 Å². The van der Waals surface area contributed by atoms with Crippen LogP contribution in [0.3, 0.4) is 0 Å². The van der Waals surface area contributed by atoms with Gasteiger partial charge in [-0.05, 0) is 33.6 Å². The van der Waals surface area contributed by atoms with Crippen LogP contribution in [0.4, 0.5) is 4.79 Å². The van der Waals surface area contributed by atoms with Crippen LogP contribution in [-0.2, 0) is 0 Å². The Bertz CT molecular complexity index is 309. The fourth-order valence-electron chi connectivity index (χ4n) is 2.11. The molecule has 0 bridgehead atoms.